The molecular formula is C15H23BrN2OS. The van der Waals surface area contributed by atoms with Crippen molar-refractivity contribution >= 4 is 33.6 Å². The highest BCUT2D eigenvalue weighted by atomic mass is 79.9. The van der Waals surface area contributed by atoms with Crippen LogP contribution in [-0.2, 0) is 6.54 Å². The average molecular weight is 359 g/mol. The Morgan fingerprint density at radius 3 is 2.75 bits per heavy atom. The maximum Gasteiger partial charge on any atom is 0.268 e. The van der Waals surface area contributed by atoms with Crippen LogP contribution in [0.3, 0.4) is 0 Å². The van der Waals surface area contributed by atoms with Crippen molar-refractivity contribution < 1.29 is 4.79 Å². The van der Waals surface area contributed by atoms with Crippen molar-refractivity contribution in [2.24, 2.45) is 0 Å². The van der Waals surface area contributed by atoms with Gasteiger partial charge >= 0.3 is 0 Å². The van der Waals surface area contributed by atoms with Crippen molar-refractivity contribution in [3.8, 4) is 0 Å². The molecule has 1 N–H and O–H groups in total. The van der Waals surface area contributed by atoms with E-state index < -0.39 is 0 Å². The highest BCUT2D eigenvalue weighted by Gasteiger charge is 2.23. The van der Waals surface area contributed by atoms with E-state index in [0.29, 0.717) is 6.04 Å². The van der Waals surface area contributed by atoms with Crippen LogP contribution >= 0.6 is 27.7 Å². The van der Waals surface area contributed by atoms with E-state index in [-0.39, 0.29) is 5.91 Å². The monoisotopic (exact) mass is 358 g/mol. The van der Waals surface area contributed by atoms with Gasteiger partial charge in [-0.1, -0.05) is 6.92 Å². The zero-order chi connectivity index (χ0) is 14.5. The molecule has 112 valence electrons. The van der Waals surface area contributed by atoms with Gasteiger partial charge < -0.3 is 9.88 Å². The highest BCUT2D eigenvalue weighted by Crippen LogP contribution is 2.27. The van der Waals surface area contributed by atoms with E-state index in [0.717, 1.165) is 41.2 Å². The molecule has 1 aromatic heterocycles. The first kappa shape index (κ1) is 16.0. The molecular weight excluding hydrogens is 336 g/mol. The van der Waals surface area contributed by atoms with E-state index in [1.54, 1.807) is 0 Å². The maximum absolute atomic E-state index is 12.4. The Morgan fingerprint density at radius 2 is 2.15 bits per heavy atom. The van der Waals surface area contributed by atoms with Gasteiger partial charge in [0.05, 0.1) is 0 Å². The number of nitrogens with one attached hydrogen (secondary N) is 1. The summed E-state index contributed by atoms with van der Waals surface area (Å²) < 4.78 is 3.01. The van der Waals surface area contributed by atoms with Crippen molar-refractivity contribution in [2.45, 2.75) is 56.9 Å². The van der Waals surface area contributed by atoms with Crippen LogP contribution in [0.15, 0.2) is 16.7 Å². The van der Waals surface area contributed by atoms with Crippen molar-refractivity contribution in [3.63, 3.8) is 0 Å². The van der Waals surface area contributed by atoms with E-state index in [4.69, 9.17) is 0 Å². The largest absolute Gasteiger partial charge is 0.348 e. The average Bonchev–Trinajstić information content (AvgIpc) is 2.81. The van der Waals surface area contributed by atoms with Crippen LogP contribution in [0.1, 0.15) is 49.5 Å². The number of aryl methyl sites for hydroxylation is 1. The third-order valence-corrected chi connectivity index (χ3v) is 5.47. The lowest BCUT2D eigenvalue weighted by molar-refractivity contribution is 0.0918. The number of carbonyl (C=O) groups excluding carboxylic acids is 1. The van der Waals surface area contributed by atoms with Gasteiger partial charge in [-0.2, -0.15) is 11.8 Å². The molecule has 0 bridgehead atoms. The van der Waals surface area contributed by atoms with Gasteiger partial charge in [0.1, 0.15) is 5.69 Å². The number of hydrogen-bond donors (Lipinski definition) is 1. The molecule has 1 aliphatic rings. The van der Waals surface area contributed by atoms with Crippen molar-refractivity contribution in [2.75, 3.05) is 6.26 Å². The molecule has 1 heterocycles. The van der Waals surface area contributed by atoms with E-state index in [1.165, 1.54) is 12.8 Å². The molecule has 2 rings (SSSR count). The first-order chi connectivity index (χ1) is 9.63. The Hall–Kier alpha value is -0.420. The predicted octanol–water partition coefficient (Wildman–Crippen LogP) is 4.06. The smallest absolute Gasteiger partial charge is 0.268 e. The third-order valence-electron chi connectivity index (χ3n) is 3.90. The molecule has 1 fully saturated rings. The lowest BCUT2D eigenvalue weighted by Gasteiger charge is -2.28. The summed E-state index contributed by atoms with van der Waals surface area (Å²) in [6, 6.07) is 2.26. The molecule has 3 nitrogen and oxygen atoms in total. The number of rotatable bonds is 5. The fourth-order valence-corrected chi connectivity index (χ4v) is 4.00. The Morgan fingerprint density at radius 1 is 1.45 bits per heavy atom. The molecule has 1 saturated carbocycles. The van der Waals surface area contributed by atoms with Gasteiger partial charge in [-0.15, -0.1) is 0 Å². The van der Waals surface area contributed by atoms with E-state index in [9.17, 15) is 4.79 Å². The van der Waals surface area contributed by atoms with Gasteiger partial charge in [0.2, 0.25) is 0 Å². The minimum Gasteiger partial charge on any atom is -0.348 e. The van der Waals surface area contributed by atoms with Crippen LogP contribution in [0.4, 0.5) is 0 Å². The molecule has 0 saturated heterocycles. The molecule has 0 aliphatic heterocycles. The zero-order valence-corrected chi connectivity index (χ0v) is 14.6. The fraction of sp³-hybridized carbons (Fsp3) is 0.667. The van der Waals surface area contributed by atoms with Gasteiger partial charge in [-0.3, -0.25) is 4.79 Å². The topological polar surface area (TPSA) is 34.0 Å². The molecule has 1 amide bonds. The van der Waals surface area contributed by atoms with Crippen LogP contribution in [0.2, 0.25) is 0 Å². The Balaban J connectivity index is 1.95. The van der Waals surface area contributed by atoms with Gasteiger partial charge in [0.15, 0.2) is 0 Å². The van der Waals surface area contributed by atoms with Crippen LogP contribution < -0.4 is 5.32 Å². The van der Waals surface area contributed by atoms with Crippen LogP contribution in [0.25, 0.3) is 0 Å². The second-order valence-corrected chi connectivity index (χ2v) is 7.47. The molecule has 20 heavy (non-hydrogen) atoms. The Kier molecular flexibility index (Phi) is 6.02. The van der Waals surface area contributed by atoms with Crippen molar-refractivity contribution in [3.05, 3.63) is 22.4 Å². The molecule has 1 aromatic rings. The normalized spacial score (nSPS) is 22.8. The zero-order valence-electron chi connectivity index (χ0n) is 12.2. The summed E-state index contributed by atoms with van der Waals surface area (Å²) in [5.74, 6) is 0.0664. The lowest BCUT2D eigenvalue weighted by Crippen LogP contribution is -2.38. The van der Waals surface area contributed by atoms with Gasteiger partial charge in [-0.25, -0.2) is 0 Å². The molecule has 1 aliphatic carbocycles. The van der Waals surface area contributed by atoms with Gasteiger partial charge in [0.25, 0.3) is 5.91 Å². The van der Waals surface area contributed by atoms with Gasteiger partial charge in [0, 0.05) is 28.5 Å². The summed E-state index contributed by atoms with van der Waals surface area (Å²) >= 11 is 5.41. The number of amides is 1. The number of hydrogen-bond acceptors (Lipinski definition) is 2. The summed E-state index contributed by atoms with van der Waals surface area (Å²) in [5, 5.41) is 3.98. The summed E-state index contributed by atoms with van der Waals surface area (Å²) in [4.78, 5) is 12.4. The van der Waals surface area contributed by atoms with E-state index >= 15 is 0 Å². The quantitative estimate of drug-likeness (QED) is 0.860. The van der Waals surface area contributed by atoms with Crippen molar-refractivity contribution in [1.29, 1.82) is 0 Å². The summed E-state index contributed by atoms with van der Waals surface area (Å²) in [6.45, 7) is 3.01. The van der Waals surface area contributed by atoms with Crippen LogP contribution in [0, 0.1) is 0 Å². The first-order valence-corrected chi connectivity index (χ1v) is 9.41. The van der Waals surface area contributed by atoms with E-state index in [1.807, 2.05) is 28.6 Å². The minimum atomic E-state index is 0.0664. The standard InChI is InChI=1S/C15H23BrN2OS/c1-3-8-18-10-11(16)9-14(18)15(19)17-12-4-6-13(20-2)7-5-12/h9-10,12-13H,3-8H2,1-2H3,(H,17,19). The summed E-state index contributed by atoms with van der Waals surface area (Å²) in [6.07, 6.45) is 9.83. The predicted molar refractivity (Wildman–Crippen MR) is 89.4 cm³/mol. The fourth-order valence-electron chi connectivity index (χ4n) is 2.79. The molecule has 0 unspecified atom stereocenters. The first-order valence-electron chi connectivity index (χ1n) is 7.33. The second kappa shape index (κ2) is 7.55. The molecule has 0 radical (unpaired) electrons. The second-order valence-electron chi connectivity index (χ2n) is 5.42. The van der Waals surface area contributed by atoms with Crippen LogP contribution in [0.5, 0.6) is 0 Å². The molecule has 5 heteroatoms. The minimum absolute atomic E-state index is 0.0664. The third kappa shape index (κ3) is 4.04. The summed E-state index contributed by atoms with van der Waals surface area (Å²) in [5.41, 5.74) is 0.769. The summed E-state index contributed by atoms with van der Waals surface area (Å²) in [7, 11) is 0. The Labute approximate surface area is 134 Å². The number of thioether (sulfide) groups is 1. The maximum atomic E-state index is 12.4. The number of carbonyl (C=O) groups is 1. The molecule has 0 atom stereocenters. The number of nitrogens with zero attached hydrogens (tertiary/aromatic N) is 1. The van der Waals surface area contributed by atoms with Crippen molar-refractivity contribution in [1.82, 2.24) is 9.88 Å². The van der Waals surface area contributed by atoms with Gasteiger partial charge in [-0.05, 0) is 60.4 Å². The number of halogens is 1. The molecule has 0 aromatic carbocycles. The number of aromatic nitrogens is 1. The highest BCUT2D eigenvalue weighted by molar-refractivity contribution is 9.10. The van der Waals surface area contributed by atoms with Crippen LogP contribution in [-0.4, -0.2) is 28.0 Å². The lowest BCUT2D eigenvalue weighted by atomic mass is 9.95. The molecule has 0 spiro atoms. The van der Waals surface area contributed by atoms with E-state index in [2.05, 4.69) is 34.4 Å². The SMILES string of the molecule is CCCn1cc(Br)cc1C(=O)NC1CCC(SC)CC1. The Bertz CT molecular complexity index is 453.